The summed E-state index contributed by atoms with van der Waals surface area (Å²) in [7, 11) is 0. The maximum absolute atomic E-state index is 13.8. The minimum atomic E-state index is -0.0798. The van der Waals surface area contributed by atoms with Crippen molar-refractivity contribution in [3.8, 4) is 0 Å². The Morgan fingerprint density at radius 2 is 1.78 bits per heavy atom. The minimum Gasteiger partial charge on any atom is -0.316 e. The molecule has 0 radical (unpaired) electrons. The molecule has 1 N–H and O–H groups in total. The summed E-state index contributed by atoms with van der Waals surface area (Å²) < 4.78 is 13.8. The number of hydrogen-bond donors (Lipinski definition) is 1. The van der Waals surface area contributed by atoms with Gasteiger partial charge in [-0.2, -0.15) is 0 Å². The Kier molecular flexibility index (Phi) is 5.80. The predicted octanol–water partition coefficient (Wildman–Crippen LogP) is 4.12. The van der Waals surface area contributed by atoms with E-state index in [1.165, 1.54) is 0 Å². The topological polar surface area (TPSA) is 12.0 Å². The van der Waals surface area contributed by atoms with Crippen LogP contribution in [-0.4, -0.2) is 13.1 Å². The third-order valence-corrected chi connectivity index (χ3v) is 3.51. The molecule has 0 aromatic heterocycles. The van der Waals surface area contributed by atoms with Gasteiger partial charge < -0.3 is 5.32 Å². The summed E-state index contributed by atoms with van der Waals surface area (Å²) >= 11 is 0. The lowest BCUT2D eigenvalue weighted by Crippen LogP contribution is -2.27. The Labute approximate surface area is 111 Å². The molecule has 1 aromatic rings. The van der Waals surface area contributed by atoms with Crippen LogP contribution in [0.1, 0.15) is 44.7 Å². The smallest absolute Gasteiger partial charge is 0.126 e. The highest BCUT2D eigenvalue weighted by atomic mass is 19.1. The first kappa shape index (κ1) is 15.2. The maximum atomic E-state index is 13.8. The predicted molar refractivity (Wildman–Crippen MR) is 76.4 cm³/mol. The Morgan fingerprint density at radius 3 is 2.39 bits per heavy atom. The van der Waals surface area contributed by atoms with Crippen molar-refractivity contribution in [1.82, 2.24) is 5.32 Å². The number of hydrogen-bond acceptors (Lipinski definition) is 1. The van der Waals surface area contributed by atoms with Crippen LogP contribution in [0, 0.1) is 24.6 Å². The van der Waals surface area contributed by atoms with Gasteiger partial charge in [-0.15, -0.1) is 0 Å². The second kappa shape index (κ2) is 6.89. The Balaban J connectivity index is 2.62. The second-order valence-corrected chi connectivity index (χ2v) is 5.84. The summed E-state index contributed by atoms with van der Waals surface area (Å²) in [6.45, 7) is 12.7. The zero-order valence-corrected chi connectivity index (χ0v) is 12.3. The van der Waals surface area contributed by atoms with E-state index in [0.29, 0.717) is 11.8 Å². The van der Waals surface area contributed by atoms with Gasteiger partial charge in [-0.05, 0) is 49.4 Å². The van der Waals surface area contributed by atoms with Gasteiger partial charge in [0.05, 0.1) is 0 Å². The standard InChI is InChI=1S/C16H26FN/c1-11(2)9-18-10-13(4)14(5)15-8-12(3)6-7-16(15)17/h6-8,11,13-14,18H,9-10H2,1-5H3. The Hall–Kier alpha value is -0.890. The van der Waals surface area contributed by atoms with Crippen LogP contribution in [0.2, 0.25) is 0 Å². The van der Waals surface area contributed by atoms with Crippen LogP contribution in [0.5, 0.6) is 0 Å². The molecule has 0 saturated heterocycles. The first-order chi connectivity index (χ1) is 8.41. The van der Waals surface area contributed by atoms with Crippen LogP contribution in [0.25, 0.3) is 0 Å². The highest BCUT2D eigenvalue weighted by Crippen LogP contribution is 2.26. The molecule has 0 heterocycles. The highest BCUT2D eigenvalue weighted by molar-refractivity contribution is 5.27. The van der Waals surface area contributed by atoms with Gasteiger partial charge in [-0.1, -0.05) is 45.4 Å². The average Bonchev–Trinajstić information content (AvgIpc) is 2.30. The van der Waals surface area contributed by atoms with Gasteiger partial charge >= 0.3 is 0 Å². The summed E-state index contributed by atoms with van der Waals surface area (Å²) in [5.74, 6) is 1.25. The van der Waals surface area contributed by atoms with Crippen molar-refractivity contribution in [2.75, 3.05) is 13.1 Å². The molecule has 0 aliphatic carbocycles. The third kappa shape index (κ3) is 4.41. The molecule has 0 aliphatic heterocycles. The van der Waals surface area contributed by atoms with E-state index in [2.05, 4.69) is 33.0 Å². The quantitative estimate of drug-likeness (QED) is 0.802. The van der Waals surface area contributed by atoms with Crippen molar-refractivity contribution in [2.24, 2.45) is 11.8 Å². The molecule has 1 nitrogen and oxygen atoms in total. The number of nitrogens with one attached hydrogen (secondary N) is 1. The van der Waals surface area contributed by atoms with Gasteiger partial charge in [0.1, 0.15) is 5.82 Å². The van der Waals surface area contributed by atoms with Gasteiger partial charge in [0.2, 0.25) is 0 Å². The molecular formula is C16H26FN. The normalized spacial score (nSPS) is 14.8. The number of aryl methyl sites for hydroxylation is 1. The van der Waals surface area contributed by atoms with E-state index >= 15 is 0 Å². The van der Waals surface area contributed by atoms with Gasteiger partial charge in [0.15, 0.2) is 0 Å². The third-order valence-electron chi connectivity index (χ3n) is 3.51. The summed E-state index contributed by atoms with van der Waals surface area (Å²) in [4.78, 5) is 0. The summed E-state index contributed by atoms with van der Waals surface area (Å²) in [6, 6.07) is 5.38. The molecule has 0 amide bonds. The lowest BCUT2D eigenvalue weighted by Gasteiger charge is -2.22. The second-order valence-electron chi connectivity index (χ2n) is 5.84. The van der Waals surface area contributed by atoms with Crippen molar-refractivity contribution >= 4 is 0 Å². The summed E-state index contributed by atoms with van der Waals surface area (Å²) in [6.07, 6.45) is 0. The van der Waals surface area contributed by atoms with Gasteiger partial charge in [0, 0.05) is 0 Å². The van der Waals surface area contributed by atoms with E-state index in [1.54, 1.807) is 6.07 Å². The van der Waals surface area contributed by atoms with E-state index in [4.69, 9.17) is 0 Å². The fraction of sp³-hybridized carbons (Fsp3) is 0.625. The fourth-order valence-electron chi connectivity index (χ4n) is 2.10. The van der Waals surface area contributed by atoms with Gasteiger partial charge in [-0.3, -0.25) is 0 Å². The van der Waals surface area contributed by atoms with Crippen LogP contribution < -0.4 is 5.32 Å². The molecule has 0 fully saturated rings. The first-order valence-electron chi connectivity index (χ1n) is 6.88. The molecule has 102 valence electrons. The Morgan fingerprint density at radius 1 is 1.11 bits per heavy atom. The van der Waals surface area contributed by atoms with Gasteiger partial charge in [-0.25, -0.2) is 4.39 Å². The van der Waals surface area contributed by atoms with E-state index in [0.717, 1.165) is 24.2 Å². The van der Waals surface area contributed by atoms with Crippen LogP contribution in [0.15, 0.2) is 18.2 Å². The van der Waals surface area contributed by atoms with Crippen LogP contribution in [0.4, 0.5) is 4.39 Å². The molecule has 0 bridgehead atoms. The van der Waals surface area contributed by atoms with E-state index in [9.17, 15) is 4.39 Å². The highest BCUT2D eigenvalue weighted by Gasteiger charge is 2.17. The van der Waals surface area contributed by atoms with Crippen molar-refractivity contribution in [3.05, 3.63) is 35.1 Å². The lowest BCUT2D eigenvalue weighted by atomic mass is 9.87. The molecule has 0 spiro atoms. The molecule has 0 aliphatic rings. The molecule has 0 saturated carbocycles. The molecule has 2 heteroatoms. The summed E-state index contributed by atoms with van der Waals surface area (Å²) in [5, 5.41) is 3.45. The lowest BCUT2D eigenvalue weighted by molar-refractivity contribution is 0.418. The van der Waals surface area contributed by atoms with Crippen molar-refractivity contribution in [3.63, 3.8) is 0 Å². The molecule has 2 atom stereocenters. The SMILES string of the molecule is Cc1ccc(F)c(C(C)C(C)CNCC(C)C)c1. The van der Waals surface area contributed by atoms with Gasteiger partial charge in [0.25, 0.3) is 0 Å². The molecular weight excluding hydrogens is 225 g/mol. The number of benzene rings is 1. The van der Waals surface area contributed by atoms with E-state index in [-0.39, 0.29) is 11.7 Å². The largest absolute Gasteiger partial charge is 0.316 e. The first-order valence-corrected chi connectivity index (χ1v) is 6.88. The van der Waals surface area contributed by atoms with Crippen molar-refractivity contribution in [2.45, 2.75) is 40.5 Å². The molecule has 18 heavy (non-hydrogen) atoms. The van der Waals surface area contributed by atoms with Crippen molar-refractivity contribution in [1.29, 1.82) is 0 Å². The average molecular weight is 251 g/mol. The molecule has 2 unspecified atom stereocenters. The van der Waals surface area contributed by atoms with Crippen LogP contribution in [0.3, 0.4) is 0 Å². The zero-order valence-electron chi connectivity index (χ0n) is 12.3. The number of halogens is 1. The number of rotatable bonds is 6. The zero-order chi connectivity index (χ0) is 13.7. The van der Waals surface area contributed by atoms with Crippen LogP contribution in [-0.2, 0) is 0 Å². The monoisotopic (exact) mass is 251 g/mol. The minimum absolute atomic E-state index is 0.0798. The van der Waals surface area contributed by atoms with E-state index < -0.39 is 0 Å². The fourth-order valence-corrected chi connectivity index (χ4v) is 2.10. The molecule has 1 aromatic carbocycles. The van der Waals surface area contributed by atoms with Crippen LogP contribution >= 0.6 is 0 Å². The Bertz CT molecular complexity index is 373. The van der Waals surface area contributed by atoms with E-state index in [1.807, 2.05) is 19.1 Å². The maximum Gasteiger partial charge on any atom is 0.126 e. The summed E-state index contributed by atoms with van der Waals surface area (Å²) in [5.41, 5.74) is 1.97. The van der Waals surface area contributed by atoms with Crippen molar-refractivity contribution < 1.29 is 4.39 Å². The molecule has 1 rings (SSSR count).